The molecule has 1 aliphatic rings. The van der Waals surface area contributed by atoms with E-state index in [1.54, 1.807) is 6.07 Å². The lowest BCUT2D eigenvalue weighted by Gasteiger charge is -2.33. The molecule has 0 amide bonds. The summed E-state index contributed by atoms with van der Waals surface area (Å²) in [7, 11) is 3.62. The molecule has 106 valence electrons. The molecule has 2 rings (SSSR count). The molecule has 1 unspecified atom stereocenters. The Morgan fingerprint density at radius 2 is 2.37 bits per heavy atom. The average Bonchev–Trinajstić information content (AvgIpc) is 2.41. The highest BCUT2D eigenvalue weighted by Gasteiger charge is 2.17. The molecule has 0 bridgehead atoms. The molecule has 0 aromatic heterocycles. The Balaban J connectivity index is 1.80. The van der Waals surface area contributed by atoms with Gasteiger partial charge in [-0.3, -0.25) is 0 Å². The molecular formula is C14H22FN3O. The van der Waals surface area contributed by atoms with Gasteiger partial charge in [0.2, 0.25) is 0 Å². The molecular weight excluding hydrogens is 245 g/mol. The first kappa shape index (κ1) is 14.1. The number of methoxy groups -OCH3 is 1. The largest absolute Gasteiger partial charge is 0.494 e. The molecule has 19 heavy (non-hydrogen) atoms. The minimum absolute atomic E-state index is 0.279. The van der Waals surface area contributed by atoms with E-state index < -0.39 is 0 Å². The molecule has 1 aromatic carbocycles. The smallest absolute Gasteiger partial charge is 0.167 e. The number of nitrogens with zero attached hydrogens (tertiary/aromatic N) is 1. The number of hydrogen-bond donors (Lipinski definition) is 2. The van der Waals surface area contributed by atoms with Crippen LogP contribution in [0.5, 0.6) is 5.75 Å². The van der Waals surface area contributed by atoms with Gasteiger partial charge in [0, 0.05) is 44.0 Å². The van der Waals surface area contributed by atoms with Gasteiger partial charge in [-0.1, -0.05) is 0 Å². The second kappa shape index (κ2) is 6.73. The van der Waals surface area contributed by atoms with E-state index in [-0.39, 0.29) is 11.6 Å². The minimum atomic E-state index is -0.330. The third-order valence-electron chi connectivity index (χ3n) is 3.60. The first-order valence-corrected chi connectivity index (χ1v) is 6.69. The van der Waals surface area contributed by atoms with Crippen molar-refractivity contribution in [3.63, 3.8) is 0 Å². The number of anilines is 1. The third kappa shape index (κ3) is 3.81. The lowest BCUT2D eigenvalue weighted by molar-refractivity contribution is 0.194. The molecule has 1 aromatic rings. The molecule has 2 N–H and O–H groups in total. The zero-order chi connectivity index (χ0) is 13.7. The molecule has 0 spiro atoms. The molecule has 0 aliphatic carbocycles. The summed E-state index contributed by atoms with van der Waals surface area (Å²) in [5, 5.41) is 6.65. The van der Waals surface area contributed by atoms with Crippen LogP contribution >= 0.6 is 0 Å². The number of benzene rings is 1. The maximum atomic E-state index is 13.5. The van der Waals surface area contributed by atoms with E-state index in [2.05, 4.69) is 22.6 Å². The molecule has 0 radical (unpaired) electrons. The van der Waals surface area contributed by atoms with Crippen LogP contribution in [-0.4, -0.2) is 51.3 Å². The number of ether oxygens (including phenoxy) is 1. The first-order valence-electron chi connectivity index (χ1n) is 6.69. The summed E-state index contributed by atoms with van der Waals surface area (Å²) in [5.41, 5.74) is 0.796. The first-order chi connectivity index (χ1) is 9.20. The van der Waals surface area contributed by atoms with E-state index in [4.69, 9.17) is 4.74 Å². The third-order valence-corrected chi connectivity index (χ3v) is 3.60. The molecule has 1 saturated heterocycles. The lowest BCUT2D eigenvalue weighted by atomic mass is 10.1. The molecule has 1 heterocycles. The lowest BCUT2D eigenvalue weighted by Crippen LogP contribution is -2.49. The fourth-order valence-electron chi connectivity index (χ4n) is 2.34. The van der Waals surface area contributed by atoms with Crippen LogP contribution < -0.4 is 15.4 Å². The molecule has 5 heteroatoms. The number of nitrogens with one attached hydrogen (secondary N) is 2. The maximum absolute atomic E-state index is 13.5. The SMILES string of the molecule is COc1ccc(NCCC2CNCCN2C)cc1F. The van der Waals surface area contributed by atoms with Gasteiger partial charge < -0.3 is 20.3 Å². The highest BCUT2D eigenvalue weighted by Crippen LogP contribution is 2.20. The van der Waals surface area contributed by atoms with E-state index >= 15 is 0 Å². The van der Waals surface area contributed by atoms with E-state index in [1.807, 2.05) is 6.07 Å². The summed E-state index contributed by atoms with van der Waals surface area (Å²) in [6.45, 7) is 4.00. The standard InChI is InChI=1S/C14H22FN3O/c1-18-8-7-16-10-12(18)5-6-17-11-3-4-14(19-2)13(15)9-11/h3-4,9,12,16-17H,5-8,10H2,1-2H3. The number of piperazine rings is 1. The van der Waals surface area contributed by atoms with Crippen LogP contribution in [-0.2, 0) is 0 Å². The Morgan fingerprint density at radius 3 is 3.05 bits per heavy atom. The van der Waals surface area contributed by atoms with Crippen LogP contribution in [0.2, 0.25) is 0 Å². The Labute approximate surface area is 113 Å². The maximum Gasteiger partial charge on any atom is 0.167 e. The normalized spacial score (nSPS) is 20.3. The number of rotatable bonds is 5. The van der Waals surface area contributed by atoms with Crippen LogP contribution in [0.1, 0.15) is 6.42 Å². The van der Waals surface area contributed by atoms with Crippen LogP contribution in [0, 0.1) is 5.82 Å². The summed E-state index contributed by atoms with van der Waals surface area (Å²) in [4.78, 5) is 2.37. The van der Waals surface area contributed by atoms with Gasteiger partial charge in [-0.05, 0) is 25.6 Å². The predicted molar refractivity (Wildman–Crippen MR) is 75.3 cm³/mol. The van der Waals surface area contributed by atoms with Crippen LogP contribution in [0.3, 0.4) is 0 Å². The summed E-state index contributed by atoms with van der Waals surface area (Å²) in [6, 6.07) is 5.50. The van der Waals surface area contributed by atoms with Crippen LogP contribution in [0.15, 0.2) is 18.2 Å². The van der Waals surface area contributed by atoms with Gasteiger partial charge in [-0.2, -0.15) is 0 Å². The molecule has 1 fully saturated rings. The van der Waals surface area contributed by atoms with Gasteiger partial charge in [-0.25, -0.2) is 4.39 Å². The number of halogens is 1. The summed E-state index contributed by atoms with van der Waals surface area (Å²) < 4.78 is 18.4. The number of likely N-dealkylation sites (N-methyl/N-ethyl adjacent to an activating group) is 1. The second-order valence-electron chi connectivity index (χ2n) is 4.90. The molecule has 4 nitrogen and oxygen atoms in total. The predicted octanol–water partition coefficient (Wildman–Crippen LogP) is 1.54. The van der Waals surface area contributed by atoms with Gasteiger partial charge >= 0.3 is 0 Å². The van der Waals surface area contributed by atoms with Crippen molar-refractivity contribution in [2.75, 3.05) is 45.7 Å². The highest BCUT2D eigenvalue weighted by atomic mass is 19.1. The van der Waals surface area contributed by atoms with Crippen molar-refractivity contribution in [1.82, 2.24) is 10.2 Å². The Morgan fingerprint density at radius 1 is 1.53 bits per heavy atom. The molecule has 1 aliphatic heterocycles. The van der Waals surface area contributed by atoms with Crippen molar-refractivity contribution >= 4 is 5.69 Å². The zero-order valence-electron chi connectivity index (χ0n) is 11.6. The van der Waals surface area contributed by atoms with Gasteiger partial charge in [0.15, 0.2) is 11.6 Å². The summed E-state index contributed by atoms with van der Waals surface area (Å²) in [6.07, 6.45) is 1.04. The molecule has 1 atom stereocenters. The van der Waals surface area contributed by atoms with E-state index in [9.17, 15) is 4.39 Å². The average molecular weight is 267 g/mol. The number of hydrogen-bond acceptors (Lipinski definition) is 4. The molecule has 0 saturated carbocycles. The van der Waals surface area contributed by atoms with Gasteiger partial charge in [0.1, 0.15) is 0 Å². The fourth-order valence-corrected chi connectivity index (χ4v) is 2.34. The fraction of sp³-hybridized carbons (Fsp3) is 0.571. The topological polar surface area (TPSA) is 36.5 Å². The Kier molecular flexibility index (Phi) is 4.99. The summed E-state index contributed by atoms with van der Waals surface area (Å²) in [5.74, 6) is -0.0503. The van der Waals surface area contributed by atoms with Crippen LogP contribution in [0.4, 0.5) is 10.1 Å². The van der Waals surface area contributed by atoms with Crippen molar-refractivity contribution in [2.24, 2.45) is 0 Å². The van der Waals surface area contributed by atoms with Crippen LogP contribution in [0.25, 0.3) is 0 Å². The van der Waals surface area contributed by atoms with Crippen molar-refractivity contribution in [3.8, 4) is 5.75 Å². The van der Waals surface area contributed by atoms with Crippen molar-refractivity contribution in [2.45, 2.75) is 12.5 Å². The van der Waals surface area contributed by atoms with Crippen molar-refractivity contribution in [1.29, 1.82) is 0 Å². The second-order valence-corrected chi connectivity index (χ2v) is 4.90. The monoisotopic (exact) mass is 267 g/mol. The zero-order valence-corrected chi connectivity index (χ0v) is 11.6. The minimum Gasteiger partial charge on any atom is -0.494 e. The van der Waals surface area contributed by atoms with E-state index in [0.717, 1.165) is 38.3 Å². The quantitative estimate of drug-likeness (QED) is 0.848. The Hall–Kier alpha value is -1.33. The van der Waals surface area contributed by atoms with Crippen molar-refractivity contribution in [3.05, 3.63) is 24.0 Å². The van der Waals surface area contributed by atoms with Gasteiger partial charge in [0.05, 0.1) is 7.11 Å². The van der Waals surface area contributed by atoms with Gasteiger partial charge in [0.25, 0.3) is 0 Å². The van der Waals surface area contributed by atoms with Crippen molar-refractivity contribution < 1.29 is 9.13 Å². The highest BCUT2D eigenvalue weighted by molar-refractivity contribution is 5.47. The summed E-state index contributed by atoms with van der Waals surface area (Å²) >= 11 is 0. The van der Waals surface area contributed by atoms with E-state index in [1.165, 1.54) is 13.2 Å². The van der Waals surface area contributed by atoms with Gasteiger partial charge in [-0.15, -0.1) is 0 Å². The van der Waals surface area contributed by atoms with E-state index in [0.29, 0.717) is 6.04 Å². The Bertz CT molecular complexity index is 414.